The summed E-state index contributed by atoms with van der Waals surface area (Å²) >= 11 is 0. The lowest BCUT2D eigenvalue weighted by atomic mass is 10.1. The van der Waals surface area contributed by atoms with Crippen LogP contribution in [-0.4, -0.2) is 0 Å². The first kappa shape index (κ1) is 7.07. The van der Waals surface area contributed by atoms with Crippen molar-refractivity contribution >= 4 is 6.08 Å². The van der Waals surface area contributed by atoms with Crippen molar-refractivity contribution in [3.63, 3.8) is 0 Å². The molecule has 0 N–H and O–H groups in total. The van der Waals surface area contributed by atoms with Crippen molar-refractivity contribution in [1.29, 1.82) is 0 Å². The van der Waals surface area contributed by atoms with Gasteiger partial charge in [-0.25, -0.2) is 0 Å². The predicted octanol–water partition coefficient (Wildman–Crippen LogP) is 2.90. The Balaban J connectivity index is 2.89. The molecule has 0 amide bonds. The molecule has 0 unspecified atom stereocenters. The van der Waals surface area contributed by atoms with E-state index < -0.39 is 0 Å². The average Bonchev–Trinajstić information content (AvgIpc) is 1.95. The summed E-state index contributed by atoms with van der Waals surface area (Å²) in [7, 11) is 0. The monoisotopic (exact) mass is 131 g/mol. The summed E-state index contributed by atoms with van der Waals surface area (Å²) in [5.74, 6) is 0. The maximum Gasteiger partial charge on any atom is -0.0238 e. The van der Waals surface area contributed by atoms with Gasteiger partial charge in [0, 0.05) is 0 Å². The molecule has 0 nitrogen and oxygen atoms in total. The summed E-state index contributed by atoms with van der Waals surface area (Å²) in [6.45, 7) is 5.81. The second-order valence-electron chi connectivity index (χ2n) is 2.24. The van der Waals surface area contributed by atoms with Gasteiger partial charge in [0.05, 0.1) is 0 Å². The fraction of sp³-hybridized carbons (Fsp3) is 0.100. The van der Waals surface area contributed by atoms with Crippen LogP contribution in [0.4, 0.5) is 0 Å². The number of rotatable bonds is 1. The van der Waals surface area contributed by atoms with E-state index in [2.05, 4.69) is 25.1 Å². The molecule has 0 aromatic heterocycles. The van der Waals surface area contributed by atoms with Gasteiger partial charge in [-0.05, 0) is 25.0 Å². The molecule has 51 valence electrons. The van der Waals surface area contributed by atoms with Gasteiger partial charge in [-0.15, -0.1) is 0 Å². The Hall–Kier alpha value is -1.04. The van der Waals surface area contributed by atoms with Gasteiger partial charge in [-0.3, -0.25) is 0 Å². The van der Waals surface area contributed by atoms with Crippen molar-refractivity contribution in [3.05, 3.63) is 48.4 Å². The quantitative estimate of drug-likeness (QED) is 0.549. The van der Waals surface area contributed by atoms with Crippen LogP contribution in [-0.2, 0) is 0 Å². The molecule has 0 saturated carbocycles. The van der Waals surface area contributed by atoms with E-state index in [-0.39, 0.29) is 0 Å². The van der Waals surface area contributed by atoms with Gasteiger partial charge in [0.25, 0.3) is 0 Å². The predicted molar refractivity (Wildman–Crippen MR) is 45.6 cm³/mol. The molecular weight excluding hydrogens is 120 g/mol. The largest absolute Gasteiger partial charge is 0.0871 e. The summed E-state index contributed by atoms with van der Waals surface area (Å²) < 4.78 is 0. The molecular formula is C10H11. The smallest absolute Gasteiger partial charge is 0.0238 e. The molecule has 0 heterocycles. The molecule has 1 radical (unpaired) electrons. The van der Waals surface area contributed by atoms with Gasteiger partial charge in [-0.1, -0.05) is 36.4 Å². The molecule has 0 saturated heterocycles. The highest BCUT2D eigenvalue weighted by molar-refractivity contribution is 5.49. The van der Waals surface area contributed by atoms with E-state index >= 15 is 0 Å². The summed E-state index contributed by atoms with van der Waals surface area (Å²) in [6, 6.07) is 8.13. The van der Waals surface area contributed by atoms with Crippen LogP contribution in [0.25, 0.3) is 6.08 Å². The Bertz CT molecular complexity index is 216. The summed E-state index contributed by atoms with van der Waals surface area (Å²) in [5, 5.41) is 0. The Morgan fingerprint density at radius 2 is 1.80 bits per heavy atom. The van der Waals surface area contributed by atoms with Crippen LogP contribution in [0.2, 0.25) is 0 Å². The Kier molecular flexibility index (Phi) is 2.27. The molecule has 0 bridgehead atoms. The van der Waals surface area contributed by atoms with Crippen LogP contribution in [0, 0.1) is 6.92 Å². The summed E-state index contributed by atoms with van der Waals surface area (Å²) in [6.07, 6.45) is 4.09. The summed E-state index contributed by atoms with van der Waals surface area (Å²) in [5.41, 5.74) is 2.29. The lowest BCUT2D eigenvalue weighted by molar-refractivity contribution is 1.58. The standard InChI is InChI=1S/C10H11/c1-3-4-10-7-5-9(2)6-8-10/h3-8H,2H2,1H3. The van der Waals surface area contributed by atoms with Crippen molar-refractivity contribution in [2.75, 3.05) is 0 Å². The molecule has 1 aromatic carbocycles. The van der Waals surface area contributed by atoms with E-state index in [4.69, 9.17) is 0 Å². The van der Waals surface area contributed by atoms with E-state index in [9.17, 15) is 0 Å². The maximum atomic E-state index is 3.80. The zero-order valence-corrected chi connectivity index (χ0v) is 6.17. The first-order chi connectivity index (χ1) is 4.83. The van der Waals surface area contributed by atoms with Gasteiger partial charge in [0.1, 0.15) is 0 Å². The van der Waals surface area contributed by atoms with Crippen LogP contribution >= 0.6 is 0 Å². The molecule has 0 aliphatic rings. The zero-order chi connectivity index (χ0) is 7.40. The zero-order valence-electron chi connectivity index (χ0n) is 6.17. The highest BCUT2D eigenvalue weighted by Crippen LogP contribution is 2.03. The van der Waals surface area contributed by atoms with Crippen molar-refractivity contribution in [2.24, 2.45) is 0 Å². The molecule has 1 aromatic rings. The topological polar surface area (TPSA) is 0 Å². The van der Waals surface area contributed by atoms with Crippen LogP contribution in [0.15, 0.2) is 30.3 Å². The van der Waals surface area contributed by atoms with Crippen molar-refractivity contribution in [3.8, 4) is 0 Å². The van der Waals surface area contributed by atoms with Gasteiger partial charge in [0.15, 0.2) is 0 Å². The van der Waals surface area contributed by atoms with E-state index in [1.807, 2.05) is 25.1 Å². The van der Waals surface area contributed by atoms with Gasteiger partial charge in [0.2, 0.25) is 0 Å². The van der Waals surface area contributed by atoms with Crippen molar-refractivity contribution < 1.29 is 0 Å². The normalized spacial score (nSPS) is 10.6. The molecule has 0 heteroatoms. The van der Waals surface area contributed by atoms with E-state index in [1.165, 1.54) is 5.56 Å². The first-order valence-corrected chi connectivity index (χ1v) is 3.37. The Morgan fingerprint density at radius 1 is 1.20 bits per heavy atom. The third kappa shape index (κ3) is 1.73. The van der Waals surface area contributed by atoms with Gasteiger partial charge >= 0.3 is 0 Å². The van der Waals surface area contributed by atoms with Crippen LogP contribution in [0.1, 0.15) is 18.1 Å². The van der Waals surface area contributed by atoms with E-state index in [0.717, 1.165) is 5.56 Å². The minimum absolute atomic E-state index is 1.06. The van der Waals surface area contributed by atoms with Gasteiger partial charge in [-0.2, -0.15) is 0 Å². The number of hydrogen-bond donors (Lipinski definition) is 0. The van der Waals surface area contributed by atoms with Gasteiger partial charge < -0.3 is 0 Å². The van der Waals surface area contributed by atoms with E-state index in [1.54, 1.807) is 0 Å². The number of allylic oxidation sites excluding steroid dienone is 1. The second kappa shape index (κ2) is 3.21. The van der Waals surface area contributed by atoms with Crippen LogP contribution in [0.5, 0.6) is 0 Å². The van der Waals surface area contributed by atoms with Crippen molar-refractivity contribution in [1.82, 2.24) is 0 Å². The molecule has 0 aliphatic carbocycles. The van der Waals surface area contributed by atoms with Crippen LogP contribution < -0.4 is 0 Å². The lowest BCUT2D eigenvalue weighted by Gasteiger charge is -1.92. The Morgan fingerprint density at radius 3 is 2.30 bits per heavy atom. The van der Waals surface area contributed by atoms with Crippen LogP contribution in [0.3, 0.4) is 0 Å². The first-order valence-electron chi connectivity index (χ1n) is 3.37. The van der Waals surface area contributed by atoms with Crippen molar-refractivity contribution in [2.45, 2.75) is 6.92 Å². The third-order valence-electron chi connectivity index (χ3n) is 1.34. The fourth-order valence-electron chi connectivity index (χ4n) is 0.821. The molecule has 0 aliphatic heterocycles. The minimum atomic E-state index is 1.06. The fourth-order valence-corrected chi connectivity index (χ4v) is 0.821. The maximum absolute atomic E-state index is 3.80. The number of hydrogen-bond acceptors (Lipinski definition) is 0. The molecule has 0 atom stereocenters. The second-order valence-corrected chi connectivity index (χ2v) is 2.24. The highest BCUT2D eigenvalue weighted by atomic mass is 13.9. The molecule has 0 fully saturated rings. The Labute approximate surface area is 62.2 Å². The third-order valence-corrected chi connectivity index (χ3v) is 1.34. The molecule has 1 rings (SSSR count). The lowest BCUT2D eigenvalue weighted by Crippen LogP contribution is -1.71. The number of benzene rings is 1. The highest BCUT2D eigenvalue weighted by Gasteiger charge is 1.83. The van der Waals surface area contributed by atoms with E-state index in [0.29, 0.717) is 0 Å². The molecule has 0 spiro atoms. The molecule has 10 heavy (non-hydrogen) atoms. The SMILES string of the molecule is [CH2]c1ccc(C=CC)cc1. The average molecular weight is 131 g/mol. The summed E-state index contributed by atoms with van der Waals surface area (Å²) in [4.78, 5) is 0. The minimum Gasteiger partial charge on any atom is -0.0871 e.